The number of primary amides is 1. The van der Waals surface area contributed by atoms with E-state index in [0.717, 1.165) is 18.2 Å². The van der Waals surface area contributed by atoms with Gasteiger partial charge in [-0.15, -0.1) is 0 Å². The maximum atomic E-state index is 13.2. The van der Waals surface area contributed by atoms with Gasteiger partial charge in [0.2, 0.25) is 11.8 Å². The molecule has 1 aromatic rings. The summed E-state index contributed by atoms with van der Waals surface area (Å²) in [5, 5.41) is 2.52. The van der Waals surface area contributed by atoms with Crippen molar-refractivity contribution in [3.63, 3.8) is 0 Å². The molecule has 25 heavy (non-hydrogen) atoms. The third kappa shape index (κ3) is 4.44. The first kappa shape index (κ1) is 17.6. The Hall–Kier alpha value is -2.24. The third-order valence-corrected chi connectivity index (χ3v) is 5.21. The summed E-state index contributed by atoms with van der Waals surface area (Å²) < 4.78 is 26.5. The molecule has 2 aliphatic carbocycles. The highest BCUT2D eigenvalue weighted by Gasteiger charge is 2.48. The van der Waals surface area contributed by atoms with Crippen molar-refractivity contribution in [1.82, 2.24) is 5.32 Å². The Labute approximate surface area is 145 Å². The molecule has 3 atom stereocenters. The summed E-state index contributed by atoms with van der Waals surface area (Å²) >= 11 is 0. The molecule has 1 aromatic carbocycles. The van der Waals surface area contributed by atoms with Gasteiger partial charge in [-0.25, -0.2) is 8.78 Å². The van der Waals surface area contributed by atoms with Gasteiger partial charge in [0.25, 0.3) is 0 Å². The lowest BCUT2D eigenvalue weighted by Gasteiger charge is -2.14. The fourth-order valence-corrected chi connectivity index (χ4v) is 3.94. The molecular formula is C19H22F2N2O2. The van der Waals surface area contributed by atoms with E-state index in [2.05, 4.69) is 5.32 Å². The van der Waals surface area contributed by atoms with Crippen LogP contribution in [0.5, 0.6) is 0 Å². The quantitative estimate of drug-likeness (QED) is 0.775. The van der Waals surface area contributed by atoms with Gasteiger partial charge in [0.05, 0.1) is 0 Å². The number of hydrogen-bond donors (Lipinski definition) is 2. The Kier molecular flexibility index (Phi) is 5.16. The van der Waals surface area contributed by atoms with Gasteiger partial charge < -0.3 is 11.1 Å². The monoisotopic (exact) mass is 348 g/mol. The molecule has 134 valence electrons. The molecule has 2 fully saturated rings. The Morgan fingerprint density at radius 3 is 2.32 bits per heavy atom. The molecular weight excluding hydrogens is 326 g/mol. The summed E-state index contributed by atoms with van der Waals surface area (Å²) in [5.74, 6) is -0.782. The fourth-order valence-electron chi connectivity index (χ4n) is 3.94. The number of nitrogens with one attached hydrogen (secondary N) is 1. The molecule has 0 radical (unpaired) electrons. The van der Waals surface area contributed by atoms with Crippen LogP contribution in [0.25, 0.3) is 0 Å². The van der Waals surface area contributed by atoms with E-state index in [1.165, 1.54) is 31.8 Å². The predicted octanol–water partition coefficient (Wildman–Crippen LogP) is 2.47. The van der Waals surface area contributed by atoms with Gasteiger partial charge in [0.15, 0.2) is 0 Å². The summed E-state index contributed by atoms with van der Waals surface area (Å²) in [4.78, 5) is 23.6. The predicted molar refractivity (Wildman–Crippen MR) is 89.3 cm³/mol. The molecule has 2 amide bonds. The van der Waals surface area contributed by atoms with Gasteiger partial charge in [-0.3, -0.25) is 9.59 Å². The van der Waals surface area contributed by atoms with Gasteiger partial charge >= 0.3 is 0 Å². The van der Waals surface area contributed by atoms with E-state index in [4.69, 9.17) is 5.73 Å². The Balaban J connectivity index is 1.57. The minimum Gasteiger partial charge on any atom is -0.368 e. The van der Waals surface area contributed by atoms with Crippen molar-refractivity contribution in [2.24, 2.45) is 23.5 Å². The first-order valence-corrected chi connectivity index (χ1v) is 8.67. The van der Waals surface area contributed by atoms with Crippen molar-refractivity contribution in [3.05, 3.63) is 47.5 Å². The molecule has 2 aliphatic rings. The number of amides is 2. The summed E-state index contributed by atoms with van der Waals surface area (Å²) in [6.45, 7) is 0. The van der Waals surface area contributed by atoms with Crippen LogP contribution in [-0.2, 0) is 16.0 Å². The van der Waals surface area contributed by atoms with Gasteiger partial charge in [-0.05, 0) is 54.4 Å². The standard InChI is InChI=1S/C19H22F2N2O2/c20-12-7-11(8-13(21)10-12)9-17(19(22)25)23-18(24)6-5-16-14-3-1-2-4-15(14)16/h5-8,10,14-17H,1-4,9H2,(H2,22,25)(H,23,24)/b6-5+/t14?,15?,16?,17-/m0/s1. The summed E-state index contributed by atoms with van der Waals surface area (Å²) in [7, 11) is 0. The zero-order valence-electron chi connectivity index (χ0n) is 13.9. The average molecular weight is 348 g/mol. The third-order valence-electron chi connectivity index (χ3n) is 5.21. The Morgan fingerprint density at radius 2 is 1.76 bits per heavy atom. The van der Waals surface area contributed by atoms with Crippen molar-refractivity contribution in [2.75, 3.05) is 0 Å². The molecule has 2 unspecified atom stereocenters. The van der Waals surface area contributed by atoms with Crippen LogP contribution in [0.4, 0.5) is 8.78 Å². The largest absolute Gasteiger partial charge is 0.368 e. The maximum Gasteiger partial charge on any atom is 0.244 e. The highest BCUT2D eigenvalue weighted by atomic mass is 19.1. The fraction of sp³-hybridized carbons (Fsp3) is 0.474. The van der Waals surface area contributed by atoms with Crippen molar-refractivity contribution in [2.45, 2.75) is 38.1 Å². The lowest BCUT2D eigenvalue weighted by atomic mass is 10.0. The van der Waals surface area contributed by atoms with Crippen LogP contribution in [0.2, 0.25) is 0 Å². The van der Waals surface area contributed by atoms with Crippen LogP contribution in [0.1, 0.15) is 31.2 Å². The molecule has 0 saturated heterocycles. The number of carbonyl (C=O) groups excluding carboxylic acids is 2. The molecule has 0 aromatic heterocycles. The van der Waals surface area contributed by atoms with E-state index < -0.39 is 29.5 Å². The molecule has 3 N–H and O–H groups in total. The number of benzene rings is 1. The minimum absolute atomic E-state index is 0.0573. The topological polar surface area (TPSA) is 72.2 Å². The van der Waals surface area contributed by atoms with E-state index in [9.17, 15) is 18.4 Å². The highest BCUT2D eigenvalue weighted by Crippen LogP contribution is 2.55. The Bertz CT molecular complexity index is 672. The highest BCUT2D eigenvalue weighted by molar-refractivity contribution is 5.92. The number of allylic oxidation sites excluding steroid dienone is 1. The lowest BCUT2D eigenvalue weighted by Crippen LogP contribution is -2.45. The van der Waals surface area contributed by atoms with E-state index in [1.54, 1.807) is 0 Å². The minimum atomic E-state index is -1.01. The lowest BCUT2D eigenvalue weighted by molar-refractivity contribution is -0.124. The maximum absolute atomic E-state index is 13.2. The van der Waals surface area contributed by atoms with Gasteiger partial charge in [-0.2, -0.15) is 0 Å². The van der Waals surface area contributed by atoms with Crippen molar-refractivity contribution in [1.29, 1.82) is 0 Å². The van der Waals surface area contributed by atoms with E-state index in [0.29, 0.717) is 17.8 Å². The summed E-state index contributed by atoms with van der Waals surface area (Å²) in [6.07, 6.45) is 8.25. The second kappa shape index (κ2) is 7.33. The van der Waals surface area contributed by atoms with Crippen LogP contribution >= 0.6 is 0 Å². The van der Waals surface area contributed by atoms with Gasteiger partial charge in [0.1, 0.15) is 17.7 Å². The second-order valence-electron chi connectivity index (χ2n) is 6.99. The van der Waals surface area contributed by atoms with Crippen molar-refractivity contribution in [3.8, 4) is 0 Å². The van der Waals surface area contributed by atoms with Crippen LogP contribution < -0.4 is 11.1 Å². The number of halogens is 2. The first-order valence-electron chi connectivity index (χ1n) is 8.67. The number of hydrogen-bond acceptors (Lipinski definition) is 2. The number of carbonyl (C=O) groups is 2. The molecule has 3 rings (SSSR count). The Morgan fingerprint density at radius 1 is 1.16 bits per heavy atom. The summed E-state index contributed by atoms with van der Waals surface area (Å²) in [5.41, 5.74) is 5.57. The van der Waals surface area contributed by atoms with Crippen LogP contribution in [0.3, 0.4) is 0 Å². The molecule has 0 aliphatic heterocycles. The van der Waals surface area contributed by atoms with E-state index >= 15 is 0 Å². The van der Waals surface area contributed by atoms with Crippen molar-refractivity contribution >= 4 is 11.8 Å². The normalized spacial score (nSPS) is 26.1. The van der Waals surface area contributed by atoms with Gasteiger partial charge in [0, 0.05) is 12.5 Å². The van der Waals surface area contributed by atoms with E-state index in [-0.39, 0.29) is 12.0 Å². The average Bonchev–Trinajstić information content (AvgIpc) is 3.24. The number of rotatable bonds is 6. The second-order valence-corrected chi connectivity index (χ2v) is 6.99. The first-order chi connectivity index (χ1) is 11.9. The summed E-state index contributed by atoms with van der Waals surface area (Å²) in [6, 6.07) is 1.98. The molecule has 2 saturated carbocycles. The van der Waals surface area contributed by atoms with Crippen molar-refractivity contribution < 1.29 is 18.4 Å². The number of fused-ring (bicyclic) bond motifs is 1. The zero-order chi connectivity index (χ0) is 18.0. The molecule has 4 nitrogen and oxygen atoms in total. The SMILES string of the molecule is NC(=O)[C@H](Cc1cc(F)cc(F)c1)NC(=O)/C=C/C1C2CCCCC12. The van der Waals surface area contributed by atoms with Crippen LogP contribution in [0.15, 0.2) is 30.4 Å². The molecule has 0 bridgehead atoms. The molecule has 6 heteroatoms. The van der Waals surface area contributed by atoms with Crippen LogP contribution in [0, 0.1) is 29.4 Å². The molecule has 0 spiro atoms. The molecule has 0 heterocycles. The van der Waals surface area contributed by atoms with Gasteiger partial charge in [-0.1, -0.05) is 18.9 Å². The number of nitrogens with two attached hydrogens (primary N) is 1. The van der Waals surface area contributed by atoms with E-state index in [1.807, 2.05) is 6.08 Å². The smallest absolute Gasteiger partial charge is 0.244 e. The zero-order valence-corrected chi connectivity index (χ0v) is 13.9. The van der Waals surface area contributed by atoms with Crippen LogP contribution in [-0.4, -0.2) is 17.9 Å².